The molecule has 0 saturated carbocycles. The summed E-state index contributed by atoms with van der Waals surface area (Å²) in [5, 5.41) is 17.4. The molecule has 0 atom stereocenters. The molecule has 4 aromatic rings. The van der Waals surface area contributed by atoms with Gasteiger partial charge in [0.05, 0.1) is 17.7 Å². The SMILES string of the molecule is CNC(=O)c1ccc(CN(Cc2ccco2)C(=O)c2ccc(Nc3ccccc3)c([N+](=O)[O-])c2)cc1. The van der Waals surface area contributed by atoms with Crippen LogP contribution in [0, 0.1) is 10.1 Å². The van der Waals surface area contributed by atoms with Gasteiger partial charge in [-0.05, 0) is 54.1 Å². The highest BCUT2D eigenvalue weighted by Crippen LogP contribution is 2.29. The highest BCUT2D eigenvalue weighted by Gasteiger charge is 2.23. The molecular weight excluding hydrogens is 460 g/mol. The third-order valence-corrected chi connectivity index (χ3v) is 5.52. The standard InChI is InChI=1S/C27H24N4O5/c1-28-26(32)20-11-9-19(10-12-20)17-30(18-23-8-5-15-36-23)27(33)21-13-14-24(25(16-21)31(34)35)29-22-6-3-2-4-7-22/h2-16,29H,17-18H2,1H3,(H,28,32). The summed E-state index contributed by atoms with van der Waals surface area (Å²) in [5.41, 5.74) is 2.23. The van der Waals surface area contributed by atoms with Gasteiger partial charge in [-0.1, -0.05) is 30.3 Å². The van der Waals surface area contributed by atoms with Crippen molar-refractivity contribution < 1.29 is 18.9 Å². The molecule has 2 amide bonds. The lowest BCUT2D eigenvalue weighted by atomic mass is 10.1. The van der Waals surface area contributed by atoms with Crippen LogP contribution < -0.4 is 10.6 Å². The number of anilines is 2. The summed E-state index contributed by atoms with van der Waals surface area (Å²) >= 11 is 0. The van der Waals surface area contributed by atoms with Crippen molar-refractivity contribution >= 4 is 28.9 Å². The maximum Gasteiger partial charge on any atom is 0.293 e. The lowest BCUT2D eigenvalue weighted by molar-refractivity contribution is -0.383. The van der Waals surface area contributed by atoms with Crippen molar-refractivity contribution in [1.82, 2.24) is 10.2 Å². The molecule has 0 aliphatic carbocycles. The van der Waals surface area contributed by atoms with E-state index in [4.69, 9.17) is 4.42 Å². The third kappa shape index (κ3) is 5.76. The van der Waals surface area contributed by atoms with Gasteiger partial charge in [0.1, 0.15) is 11.4 Å². The van der Waals surface area contributed by atoms with Crippen LogP contribution in [-0.4, -0.2) is 28.7 Å². The predicted octanol–water partition coefficient (Wildman–Crippen LogP) is 5.13. The van der Waals surface area contributed by atoms with Crippen molar-refractivity contribution in [3.05, 3.63) is 124 Å². The fraction of sp³-hybridized carbons (Fsp3) is 0.111. The molecule has 4 rings (SSSR count). The van der Waals surface area contributed by atoms with E-state index in [-0.39, 0.29) is 35.9 Å². The minimum atomic E-state index is -0.517. The molecule has 0 saturated heterocycles. The van der Waals surface area contributed by atoms with Crippen LogP contribution >= 0.6 is 0 Å². The molecular formula is C27H24N4O5. The van der Waals surface area contributed by atoms with Gasteiger partial charge in [-0.2, -0.15) is 0 Å². The summed E-state index contributed by atoms with van der Waals surface area (Å²) in [6, 6.07) is 23.8. The highest BCUT2D eigenvalue weighted by atomic mass is 16.6. The molecule has 0 unspecified atom stereocenters. The van der Waals surface area contributed by atoms with E-state index in [0.29, 0.717) is 17.0 Å². The number of hydrogen-bond acceptors (Lipinski definition) is 6. The Morgan fingerprint density at radius 3 is 2.28 bits per heavy atom. The summed E-state index contributed by atoms with van der Waals surface area (Å²) in [6.07, 6.45) is 1.52. The van der Waals surface area contributed by atoms with E-state index in [1.54, 1.807) is 61.6 Å². The van der Waals surface area contributed by atoms with Crippen molar-refractivity contribution in [3.8, 4) is 0 Å². The van der Waals surface area contributed by atoms with E-state index in [9.17, 15) is 19.7 Å². The monoisotopic (exact) mass is 484 g/mol. The Morgan fingerprint density at radius 2 is 1.64 bits per heavy atom. The summed E-state index contributed by atoms with van der Waals surface area (Å²) in [4.78, 5) is 38.2. The molecule has 0 aliphatic heterocycles. The maximum atomic E-state index is 13.5. The van der Waals surface area contributed by atoms with Gasteiger partial charge in [-0.3, -0.25) is 19.7 Å². The maximum absolute atomic E-state index is 13.5. The Kier molecular flexibility index (Phi) is 7.40. The third-order valence-electron chi connectivity index (χ3n) is 5.52. The molecule has 0 bridgehead atoms. The average Bonchev–Trinajstić information content (AvgIpc) is 3.42. The van der Waals surface area contributed by atoms with Crippen molar-refractivity contribution in [1.29, 1.82) is 0 Å². The molecule has 36 heavy (non-hydrogen) atoms. The lowest BCUT2D eigenvalue weighted by Crippen LogP contribution is -2.30. The van der Waals surface area contributed by atoms with E-state index in [1.165, 1.54) is 23.3 Å². The predicted molar refractivity (Wildman–Crippen MR) is 135 cm³/mol. The fourth-order valence-electron chi connectivity index (χ4n) is 3.70. The number of nitrogens with zero attached hydrogens (tertiary/aromatic N) is 2. The summed E-state index contributed by atoms with van der Waals surface area (Å²) < 4.78 is 5.44. The Morgan fingerprint density at radius 1 is 0.917 bits per heavy atom. The smallest absolute Gasteiger partial charge is 0.293 e. The van der Waals surface area contributed by atoms with Crippen molar-refractivity contribution in [3.63, 3.8) is 0 Å². The number of rotatable bonds is 9. The van der Waals surface area contributed by atoms with Gasteiger partial charge in [0.2, 0.25) is 0 Å². The topological polar surface area (TPSA) is 118 Å². The van der Waals surface area contributed by atoms with Crippen LogP contribution in [0.25, 0.3) is 0 Å². The van der Waals surface area contributed by atoms with E-state index < -0.39 is 10.8 Å². The number of carbonyl (C=O) groups excluding carboxylic acids is 2. The zero-order chi connectivity index (χ0) is 25.5. The Hall–Kier alpha value is -4.92. The van der Waals surface area contributed by atoms with E-state index in [2.05, 4.69) is 10.6 Å². The van der Waals surface area contributed by atoms with Gasteiger partial charge < -0.3 is 20.0 Å². The van der Waals surface area contributed by atoms with Gasteiger partial charge in [-0.25, -0.2) is 0 Å². The number of nitro groups is 1. The first-order valence-electron chi connectivity index (χ1n) is 11.2. The summed E-state index contributed by atoms with van der Waals surface area (Å²) in [6.45, 7) is 0.381. The number of nitro benzene ring substituents is 1. The van der Waals surface area contributed by atoms with Crippen molar-refractivity contribution in [2.45, 2.75) is 13.1 Å². The van der Waals surface area contributed by atoms with Crippen LogP contribution in [-0.2, 0) is 13.1 Å². The van der Waals surface area contributed by atoms with Crippen molar-refractivity contribution in [2.24, 2.45) is 0 Å². The number of carbonyl (C=O) groups is 2. The first-order valence-corrected chi connectivity index (χ1v) is 11.2. The fourth-order valence-corrected chi connectivity index (χ4v) is 3.70. The van der Waals surface area contributed by atoms with E-state index >= 15 is 0 Å². The molecule has 1 heterocycles. The van der Waals surface area contributed by atoms with Crippen LogP contribution in [0.1, 0.15) is 32.0 Å². The minimum Gasteiger partial charge on any atom is -0.467 e. The molecule has 0 radical (unpaired) electrons. The second kappa shape index (κ2) is 11.0. The average molecular weight is 485 g/mol. The van der Waals surface area contributed by atoms with Crippen LogP contribution in [0.5, 0.6) is 0 Å². The quantitative estimate of drug-likeness (QED) is 0.251. The highest BCUT2D eigenvalue weighted by molar-refractivity contribution is 5.96. The van der Waals surface area contributed by atoms with Crippen LogP contribution in [0.2, 0.25) is 0 Å². The number of amides is 2. The minimum absolute atomic E-state index is 0.168. The van der Waals surface area contributed by atoms with Gasteiger partial charge in [-0.15, -0.1) is 0 Å². The van der Waals surface area contributed by atoms with Crippen molar-refractivity contribution in [2.75, 3.05) is 12.4 Å². The summed E-state index contributed by atoms with van der Waals surface area (Å²) in [5.74, 6) is -0.0279. The zero-order valence-electron chi connectivity index (χ0n) is 19.5. The van der Waals surface area contributed by atoms with E-state index in [1.807, 2.05) is 18.2 Å². The number of para-hydroxylation sites is 1. The lowest BCUT2D eigenvalue weighted by Gasteiger charge is -2.22. The van der Waals surface area contributed by atoms with Gasteiger partial charge in [0.25, 0.3) is 17.5 Å². The Balaban J connectivity index is 1.61. The molecule has 2 N–H and O–H groups in total. The van der Waals surface area contributed by atoms with Crippen LogP contribution in [0.4, 0.5) is 17.1 Å². The summed E-state index contributed by atoms with van der Waals surface area (Å²) in [7, 11) is 1.56. The molecule has 1 aromatic heterocycles. The molecule has 0 aliphatic rings. The Bertz CT molecular complexity index is 1350. The van der Waals surface area contributed by atoms with Crippen LogP contribution in [0.3, 0.4) is 0 Å². The van der Waals surface area contributed by atoms with Gasteiger partial charge >= 0.3 is 0 Å². The zero-order valence-corrected chi connectivity index (χ0v) is 19.5. The molecule has 182 valence electrons. The van der Waals surface area contributed by atoms with Crippen LogP contribution in [0.15, 0.2) is 95.6 Å². The molecule has 0 fully saturated rings. The second-order valence-corrected chi connectivity index (χ2v) is 8.00. The first-order chi connectivity index (χ1) is 17.4. The van der Waals surface area contributed by atoms with Gasteiger partial charge in [0.15, 0.2) is 0 Å². The van der Waals surface area contributed by atoms with E-state index in [0.717, 1.165) is 5.56 Å². The first kappa shape index (κ1) is 24.2. The molecule has 9 nitrogen and oxygen atoms in total. The normalized spacial score (nSPS) is 10.5. The second-order valence-electron chi connectivity index (χ2n) is 8.00. The Labute approximate surface area is 207 Å². The molecule has 3 aromatic carbocycles. The molecule has 0 spiro atoms. The number of benzene rings is 3. The number of furan rings is 1. The van der Waals surface area contributed by atoms with Gasteiger partial charge in [0, 0.05) is 36.5 Å². The molecule has 9 heteroatoms. The largest absolute Gasteiger partial charge is 0.467 e. The number of nitrogens with one attached hydrogen (secondary N) is 2. The number of hydrogen-bond donors (Lipinski definition) is 2.